The Bertz CT molecular complexity index is 288. The summed E-state index contributed by atoms with van der Waals surface area (Å²) in [5.74, 6) is 0. The second-order valence-electron chi connectivity index (χ2n) is 3.68. The highest BCUT2D eigenvalue weighted by Gasteiger charge is 1.97. The number of aromatic nitrogens is 2. The van der Waals surface area contributed by atoms with Crippen molar-refractivity contribution in [2.45, 2.75) is 33.4 Å². The van der Waals surface area contributed by atoms with Gasteiger partial charge in [-0.15, -0.1) is 0 Å². The van der Waals surface area contributed by atoms with Crippen LogP contribution in [-0.4, -0.2) is 16.3 Å². The molecule has 0 aliphatic rings. The third-order valence-electron chi connectivity index (χ3n) is 1.87. The van der Waals surface area contributed by atoms with Crippen LogP contribution in [0.2, 0.25) is 0 Å². The van der Waals surface area contributed by atoms with E-state index in [0.29, 0.717) is 0 Å². The summed E-state index contributed by atoms with van der Waals surface area (Å²) in [5.41, 5.74) is 2.36. The zero-order valence-electron chi connectivity index (χ0n) is 9.08. The predicted molar refractivity (Wildman–Crippen MR) is 59.0 cm³/mol. The predicted octanol–water partition coefficient (Wildman–Crippen LogP) is 1.96. The summed E-state index contributed by atoms with van der Waals surface area (Å²) in [4.78, 5) is 0. The van der Waals surface area contributed by atoms with Crippen LogP contribution in [0.15, 0.2) is 24.5 Å². The van der Waals surface area contributed by atoms with E-state index in [4.69, 9.17) is 0 Å². The maximum Gasteiger partial charge on any atom is 0.0614 e. The SMILES string of the molecule is C=C(C)Cn1cc(CNCCC)cn1. The van der Waals surface area contributed by atoms with Gasteiger partial charge < -0.3 is 5.32 Å². The highest BCUT2D eigenvalue weighted by atomic mass is 15.3. The molecule has 0 saturated heterocycles. The Labute approximate surface area is 85.8 Å². The van der Waals surface area contributed by atoms with Crippen LogP contribution in [0.3, 0.4) is 0 Å². The minimum absolute atomic E-state index is 0.813. The molecule has 0 aliphatic heterocycles. The third kappa shape index (κ3) is 3.75. The average molecular weight is 193 g/mol. The van der Waals surface area contributed by atoms with Crippen molar-refractivity contribution in [3.63, 3.8) is 0 Å². The van der Waals surface area contributed by atoms with Crippen LogP contribution in [0.25, 0.3) is 0 Å². The van der Waals surface area contributed by atoms with Gasteiger partial charge in [0.1, 0.15) is 0 Å². The van der Waals surface area contributed by atoms with E-state index in [2.05, 4.69) is 30.1 Å². The number of nitrogens with zero attached hydrogens (tertiary/aromatic N) is 2. The highest BCUT2D eigenvalue weighted by Crippen LogP contribution is 2.00. The topological polar surface area (TPSA) is 29.9 Å². The van der Waals surface area contributed by atoms with E-state index in [0.717, 1.165) is 25.2 Å². The molecule has 0 atom stereocenters. The van der Waals surface area contributed by atoms with E-state index in [1.54, 1.807) is 0 Å². The van der Waals surface area contributed by atoms with Crippen molar-refractivity contribution in [1.82, 2.24) is 15.1 Å². The third-order valence-corrected chi connectivity index (χ3v) is 1.87. The van der Waals surface area contributed by atoms with Gasteiger partial charge in [-0.25, -0.2) is 0 Å². The fourth-order valence-corrected chi connectivity index (χ4v) is 1.27. The molecule has 0 aromatic carbocycles. The van der Waals surface area contributed by atoms with Crippen molar-refractivity contribution in [2.24, 2.45) is 0 Å². The number of allylic oxidation sites excluding steroid dienone is 1. The second kappa shape index (κ2) is 5.60. The summed E-state index contributed by atoms with van der Waals surface area (Å²) in [7, 11) is 0. The lowest BCUT2D eigenvalue weighted by atomic mass is 10.3. The molecule has 1 heterocycles. The maximum absolute atomic E-state index is 4.25. The summed E-state index contributed by atoms with van der Waals surface area (Å²) in [6, 6.07) is 0. The molecular weight excluding hydrogens is 174 g/mol. The Kier molecular flexibility index (Phi) is 4.40. The monoisotopic (exact) mass is 193 g/mol. The molecule has 0 amide bonds. The molecule has 0 fully saturated rings. The first-order chi connectivity index (χ1) is 6.72. The van der Waals surface area contributed by atoms with Crippen molar-refractivity contribution in [3.05, 3.63) is 30.1 Å². The van der Waals surface area contributed by atoms with Crippen LogP contribution in [0.4, 0.5) is 0 Å². The van der Waals surface area contributed by atoms with Gasteiger partial charge in [0.25, 0.3) is 0 Å². The van der Waals surface area contributed by atoms with Gasteiger partial charge in [0.2, 0.25) is 0 Å². The van der Waals surface area contributed by atoms with E-state index in [9.17, 15) is 0 Å². The molecule has 78 valence electrons. The first-order valence-electron chi connectivity index (χ1n) is 5.08. The van der Waals surface area contributed by atoms with E-state index in [-0.39, 0.29) is 0 Å². The number of hydrogen-bond acceptors (Lipinski definition) is 2. The first kappa shape index (κ1) is 11.0. The van der Waals surface area contributed by atoms with Gasteiger partial charge in [-0.2, -0.15) is 5.10 Å². The van der Waals surface area contributed by atoms with Crippen molar-refractivity contribution >= 4 is 0 Å². The zero-order chi connectivity index (χ0) is 10.4. The van der Waals surface area contributed by atoms with Crippen molar-refractivity contribution < 1.29 is 0 Å². The molecule has 0 radical (unpaired) electrons. The molecule has 14 heavy (non-hydrogen) atoms. The van der Waals surface area contributed by atoms with Crippen molar-refractivity contribution in [2.75, 3.05) is 6.54 Å². The molecule has 0 bridgehead atoms. The summed E-state index contributed by atoms with van der Waals surface area (Å²) >= 11 is 0. The first-order valence-corrected chi connectivity index (χ1v) is 5.08. The molecule has 0 unspecified atom stereocenters. The van der Waals surface area contributed by atoms with Crippen molar-refractivity contribution in [3.8, 4) is 0 Å². The molecule has 3 nitrogen and oxygen atoms in total. The lowest BCUT2D eigenvalue weighted by Crippen LogP contribution is -2.13. The van der Waals surface area contributed by atoms with Gasteiger partial charge >= 0.3 is 0 Å². The molecule has 3 heteroatoms. The quantitative estimate of drug-likeness (QED) is 0.553. The fourth-order valence-electron chi connectivity index (χ4n) is 1.27. The lowest BCUT2D eigenvalue weighted by molar-refractivity contribution is 0.666. The summed E-state index contributed by atoms with van der Waals surface area (Å²) in [6.07, 6.45) is 5.14. The van der Waals surface area contributed by atoms with E-state index < -0.39 is 0 Å². The Balaban J connectivity index is 2.38. The van der Waals surface area contributed by atoms with E-state index in [1.165, 1.54) is 12.0 Å². The van der Waals surface area contributed by atoms with Crippen LogP contribution >= 0.6 is 0 Å². The molecule has 1 aromatic rings. The smallest absolute Gasteiger partial charge is 0.0614 e. The largest absolute Gasteiger partial charge is 0.313 e. The number of rotatable bonds is 6. The molecular formula is C11H19N3. The molecule has 0 aliphatic carbocycles. The van der Waals surface area contributed by atoms with Gasteiger partial charge in [-0.3, -0.25) is 4.68 Å². The van der Waals surface area contributed by atoms with Crippen LogP contribution in [0.1, 0.15) is 25.8 Å². The Hall–Kier alpha value is -1.09. The van der Waals surface area contributed by atoms with Crippen molar-refractivity contribution in [1.29, 1.82) is 0 Å². The van der Waals surface area contributed by atoms with Crippen LogP contribution in [0, 0.1) is 0 Å². The Morgan fingerprint density at radius 3 is 3.07 bits per heavy atom. The molecule has 1 aromatic heterocycles. The van der Waals surface area contributed by atoms with Gasteiger partial charge in [0.15, 0.2) is 0 Å². The van der Waals surface area contributed by atoms with Crippen LogP contribution in [0.5, 0.6) is 0 Å². The Morgan fingerprint density at radius 2 is 2.43 bits per heavy atom. The standard InChI is InChI=1S/C11H19N3/c1-4-5-12-6-11-7-13-14(9-11)8-10(2)3/h7,9,12H,2,4-6,8H2,1,3H3. The van der Waals surface area contributed by atoms with Gasteiger partial charge in [-0.1, -0.05) is 19.1 Å². The average Bonchev–Trinajstić information content (AvgIpc) is 2.52. The lowest BCUT2D eigenvalue weighted by Gasteiger charge is -2.00. The molecule has 1 N–H and O–H groups in total. The van der Waals surface area contributed by atoms with Crippen LogP contribution < -0.4 is 5.32 Å². The second-order valence-corrected chi connectivity index (χ2v) is 3.68. The van der Waals surface area contributed by atoms with Gasteiger partial charge in [0.05, 0.1) is 12.7 Å². The number of nitrogens with one attached hydrogen (secondary N) is 1. The summed E-state index contributed by atoms with van der Waals surface area (Å²) < 4.78 is 1.92. The van der Waals surface area contributed by atoms with Gasteiger partial charge in [0, 0.05) is 18.3 Å². The van der Waals surface area contributed by atoms with E-state index in [1.807, 2.05) is 17.8 Å². The van der Waals surface area contributed by atoms with Crippen LogP contribution in [-0.2, 0) is 13.1 Å². The molecule has 0 saturated carbocycles. The fraction of sp³-hybridized carbons (Fsp3) is 0.545. The summed E-state index contributed by atoms with van der Waals surface area (Å²) in [6.45, 7) is 10.8. The molecule has 0 spiro atoms. The summed E-state index contributed by atoms with van der Waals surface area (Å²) in [5, 5.41) is 7.59. The minimum atomic E-state index is 0.813. The van der Waals surface area contributed by atoms with Gasteiger partial charge in [-0.05, 0) is 19.9 Å². The minimum Gasteiger partial charge on any atom is -0.313 e. The number of hydrogen-bond donors (Lipinski definition) is 1. The zero-order valence-corrected chi connectivity index (χ0v) is 9.08. The molecule has 1 rings (SSSR count). The normalized spacial score (nSPS) is 10.4. The highest BCUT2D eigenvalue weighted by molar-refractivity contribution is 5.04. The maximum atomic E-state index is 4.25. The Morgan fingerprint density at radius 1 is 1.64 bits per heavy atom. The van der Waals surface area contributed by atoms with E-state index >= 15 is 0 Å².